The molecule has 0 bridgehead atoms. The van der Waals surface area contributed by atoms with Gasteiger partial charge in [-0.2, -0.15) is 0 Å². The van der Waals surface area contributed by atoms with Gasteiger partial charge in [-0.05, 0) is 89.9 Å². The Kier molecular flexibility index (Phi) is 98.9. The van der Waals surface area contributed by atoms with Gasteiger partial charge in [-0.15, -0.1) is 13.2 Å². The molecular formula is C72H130O28. The molecule has 100 heavy (non-hydrogen) atoms. The van der Waals surface area contributed by atoms with Gasteiger partial charge in [0.15, 0.2) is 0 Å². The quantitative estimate of drug-likeness (QED) is 0.0199. The molecule has 0 radical (unpaired) electrons. The lowest BCUT2D eigenvalue weighted by atomic mass is 10.1. The van der Waals surface area contributed by atoms with Crippen molar-refractivity contribution in [3.63, 3.8) is 0 Å². The lowest BCUT2D eigenvalue weighted by molar-refractivity contribution is -0.138. The molecule has 0 aromatic heterocycles. The molecular weight excluding hydrogens is 1310 g/mol. The smallest absolute Gasteiger partial charge is 0.303 e. The summed E-state index contributed by atoms with van der Waals surface area (Å²) in [6.07, 6.45) is 40.8. The zero-order chi connectivity index (χ0) is 77.7. The summed E-state index contributed by atoms with van der Waals surface area (Å²) < 4.78 is 0. The predicted octanol–water partition coefficient (Wildman–Crippen LogP) is 16.7. The molecule has 0 saturated carbocycles. The lowest BCUT2D eigenvalue weighted by Gasteiger charge is -1.98. The highest BCUT2D eigenvalue weighted by Gasteiger charge is 2.05. The van der Waals surface area contributed by atoms with Gasteiger partial charge in [-0.1, -0.05) is 180 Å². The zero-order valence-electron chi connectivity index (χ0n) is 60.0. The molecule has 0 fully saturated rings. The molecule has 0 aromatic carbocycles. The highest BCUT2D eigenvalue weighted by atomic mass is 16.4. The minimum atomic E-state index is -0.740. The van der Waals surface area contributed by atoms with Crippen LogP contribution in [-0.4, -0.2) is 155 Å². The first-order valence-corrected chi connectivity index (χ1v) is 35.9. The number of carboxylic acids is 14. The summed E-state index contributed by atoms with van der Waals surface area (Å²) in [6.45, 7) is 6.00. The molecule has 0 aromatic rings. The number of hydrogen-bond acceptors (Lipinski definition) is 14. The van der Waals surface area contributed by atoms with Gasteiger partial charge in [0, 0.05) is 89.9 Å². The summed E-state index contributed by atoms with van der Waals surface area (Å²) in [5.41, 5.74) is 0. The molecule has 0 spiro atoms. The van der Waals surface area contributed by atoms with Crippen molar-refractivity contribution >= 4 is 83.6 Å². The molecule has 0 rings (SSSR count). The Bertz CT molecular complexity index is 1510. The number of hydrogen-bond donors (Lipinski definition) is 14. The van der Waals surface area contributed by atoms with Gasteiger partial charge in [0.2, 0.25) is 0 Å². The molecule has 28 nitrogen and oxygen atoms in total. The topological polar surface area (TPSA) is 522 Å². The SMILES string of the molecule is C=C.O=C(O)CCCCCCCCC(=O)O.O=C(O)CCCCCCCCC(=O)O.O=C(O)CCCCCCCCC(=O)O.O=C(O)CCCCCCCCC(=O)O.O=C(O)CCCCCCCCC(=O)O.O=C(O)CCCCCCCCC(=O)O.O=C(O)CCCCCCCCC(=O)O. The number of rotatable bonds is 63. The van der Waals surface area contributed by atoms with E-state index in [-0.39, 0.29) is 89.9 Å². The van der Waals surface area contributed by atoms with Gasteiger partial charge in [-0.3, -0.25) is 67.1 Å². The van der Waals surface area contributed by atoms with E-state index < -0.39 is 83.6 Å². The Morgan fingerprint density at radius 1 is 0.110 bits per heavy atom. The lowest BCUT2D eigenvalue weighted by Crippen LogP contribution is -1.94. The van der Waals surface area contributed by atoms with E-state index in [2.05, 4.69) is 13.2 Å². The van der Waals surface area contributed by atoms with E-state index in [0.717, 1.165) is 270 Å². The fourth-order valence-electron chi connectivity index (χ4n) is 8.82. The third kappa shape index (κ3) is 150. The fraction of sp³-hybridized carbons (Fsp3) is 0.778. The van der Waals surface area contributed by atoms with Crippen molar-refractivity contribution in [1.29, 1.82) is 0 Å². The monoisotopic (exact) mass is 1440 g/mol. The molecule has 28 heteroatoms. The molecule has 14 N–H and O–H groups in total. The van der Waals surface area contributed by atoms with Crippen molar-refractivity contribution in [3.05, 3.63) is 13.2 Å². The van der Waals surface area contributed by atoms with Crippen LogP contribution in [0.1, 0.15) is 360 Å². The van der Waals surface area contributed by atoms with E-state index in [0.29, 0.717) is 0 Å². The van der Waals surface area contributed by atoms with Crippen LogP contribution in [0.3, 0.4) is 0 Å². The van der Waals surface area contributed by atoms with Crippen LogP contribution in [0.4, 0.5) is 0 Å². The molecule has 0 aliphatic carbocycles. The van der Waals surface area contributed by atoms with Gasteiger partial charge in [0.05, 0.1) is 0 Å². The predicted molar refractivity (Wildman–Crippen MR) is 377 cm³/mol. The molecule has 586 valence electrons. The van der Waals surface area contributed by atoms with Crippen LogP contribution < -0.4 is 0 Å². The van der Waals surface area contributed by atoms with Crippen molar-refractivity contribution in [2.24, 2.45) is 0 Å². The summed E-state index contributed by atoms with van der Waals surface area (Å²) in [6, 6.07) is 0. The van der Waals surface area contributed by atoms with E-state index in [9.17, 15) is 67.1 Å². The minimum Gasteiger partial charge on any atom is -0.481 e. The Hall–Kier alpha value is -7.68. The van der Waals surface area contributed by atoms with Crippen LogP contribution in [-0.2, 0) is 67.1 Å². The van der Waals surface area contributed by atoms with Crippen molar-refractivity contribution in [1.82, 2.24) is 0 Å². The van der Waals surface area contributed by atoms with E-state index in [1.165, 1.54) is 0 Å². The van der Waals surface area contributed by atoms with Gasteiger partial charge < -0.3 is 71.5 Å². The largest absolute Gasteiger partial charge is 0.481 e. The van der Waals surface area contributed by atoms with E-state index in [1.54, 1.807) is 0 Å². The number of aliphatic carboxylic acids is 14. The Morgan fingerprint density at radius 2 is 0.150 bits per heavy atom. The maximum Gasteiger partial charge on any atom is 0.303 e. The van der Waals surface area contributed by atoms with Crippen molar-refractivity contribution in [2.45, 2.75) is 360 Å². The third-order valence-corrected chi connectivity index (χ3v) is 14.2. The van der Waals surface area contributed by atoms with Gasteiger partial charge in [-0.25, -0.2) is 0 Å². The Labute approximate surface area is 592 Å². The molecule has 0 atom stereocenters. The first-order chi connectivity index (χ1) is 47.4. The summed E-state index contributed by atoms with van der Waals surface area (Å²) in [7, 11) is 0. The minimum absolute atomic E-state index is 0.245. The number of carboxylic acid groups (broad SMARTS) is 14. The summed E-state index contributed by atoms with van der Waals surface area (Å²) in [5, 5.41) is 117. The first-order valence-electron chi connectivity index (χ1n) is 35.9. The van der Waals surface area contributed by atoms with E-state index in [1.807, 2.05) is 0 Å². The fourth-order valence-corrected chi connectivity index (χ4v) is 8.82. The molecule has 0 heterocycles. The highest BCUT2D eigenvalue weighted by Crippen LogP contribution is 2.14. The Balaban J connectivity index is -0.000000164. The second-order valence-corrected chi connectivity index (χ2v) is 23.9. The molecule has 0 amide bonds. The van der Waals surface area contributed by atoms with Gasteiger partial charge >= 0.3 is 83.6 Å². The van der Waals surface area contributed by atoms with Crippen LogP contribution in [0.2, 0.25) is 0 Å². The van der Waals surface area contributed by atoms with Crippen LogP contribution in [0, 0.1) is 0 Å². The standard InChI is InChI=1S/7C10H18O4.C2H4/c7*11-9(12)7-5-3-1-2-4-6-8-10(13)14;1-2/h7*1-8H2,(H,11,12)(H,13,14);1-2H2. The van der Waals surface area contributed by atoms with Crippen LogP contribution in [0.25, 0.3) is 0 Å². The average Bonchev–Trinajstić information content (AvgIpc) is 3.63. The van der Waals surface area contributed by atoms with Crippen molar-refractivity contribution in [3.8, 4) is 0 Å². The van der Waals surface area contributed by atoms with E-state index in [4.69, 9.17) is 71.5 Å². The normalized spacial score (nSPS) is 9.84. The first kappa shape index (κ1) is 108. The van der Waals surface area contributed by atoms with Crippen LogP contribution in [0.5, 0.6) is 0 Å². The third-order valence-electron chi connectivity index (χ3n) is 14.2. The van der Waals surface area contributed by atoms with E-state index >= 15 is 0 Å². The highest BCUT2D eigenvalue weighted by molar-refractivity contribution is 5.70. The maximum atomic E-state index is 10.1. The Morgan fingerprint density at radius 3 is 0.190 bits per heavy atom. The van der Waals surface area contributed by atoms with Crippen molar-refractivity contribution < 1.29 is 139 Å². The second kappa shape index (κ2) is 91.3. The van der Waals surface area contributed by atoms with Crippen LogP contribution in [0.15, 0.2) is 13.2 Å². The summed E-state index contributed by atoms with van der Waals surface area (Å²) in [4.78, 5) is 142. The van der Waals surface area contributed by atoms with Crippen LogP contribution >= 0.6 is 0 Å². The second-order valence-electron chi connectivity index (χ2n) is 23.9. The van der Waals surface area contributed by atoms with Gasteiger partial charge in [0.25, 0.3) is 0 Å². The molecule has 0 unspecified atom stereocenters. The molecule has 0 aliphatic heterocycles. The van der Waals surface area contributed by atoms with Crippen molar-refractivity contribution in [2.75, 3.05) is 0 Å². The average molecular weight is 1440 g/mol. The van der Waals surface area contributed by atoms with Gasteiger partial charge in [0.1, 0.15) is 0 Å². The number of unbranched alkanes of at least 4 members (excludes halogenated alkanes) is 35. The number of carbonyl (C=O) groups is 14. The summed E-state index contributed by atoms with van der Waals surface area (Å²) >= 11 is 0. The molecule has 0 saturated heterocycles. The maximum absolute atomic E-state index is 10.1. The molecule has 0 aliphatic rings. The summed E-state index contributed by atoms with van der Waals surface area (Å²) in [5.74, 6) is -10.4. The zero-order valence-corrected chi connectivity index (χ0v) is 60.0.